The molecule has 0 saturated heterocycles. The molecule has 1 aromatic rings. The summed E-state index contributed by atoms with van der Waals surface area (Å²) >= 11 is 0. The van der Waals surface area contributed by atoms with Crippen molar-refractivity contribution < 1.29 is 20.4 Å². The van der Waals surface area contributed by atoms with Crippen LogP contribution in [-0.4, -0.2) is 18.6 Å². The highest BCUT2D eigenvalue weighted by molar-refractivity contribution is 5.66. The van der Waals surface area contributed by atoms with Crippen LogP contribution in [0.2, 0.25) is 0 Å². The van der Waals surface area contributed by atoms with Crippen LogP contribution in [0.3, 0.4) is 0 Å². The van der Waals surface area contributed by atoms with E-state index in [2.05, 4.69) is 12.7 Å². The molecule has 2 aliphatic carbocycles. The molecule has 0 aliphatic heterocycles. The molecule has 4 unspecified atom stereocenters. The van der Waals surface area contributed by atoms with Gasteiger partial charge in [0.15, 0.2) is 0 Å². The molecule has 2 fully saturated rings. The molecule has 0 amide bonds. The molecule has 3 rings (SSSR count). The van der Waals surface area contributed by atoms with Crippen molar-refractivity contribution in [2.24, 2.45) is 17.8 Å². The Hall–Kier alpha value is -1.55. The summed E-state index contributed by atoms with van der Waals surface area (Å²) in [7, 11) is 0. The fourth-order valence-corrected chi connectivity index (χ4v) is 3.65. The van der Waals surface area contributed by atoms with Crippen LogP contribution in [0.1, 0.15) is 32.6 Å². The van der Waals surface area contributed by atoms with Gasteiger partial charge in [-0.15, -0.1) is 0 Å². The highest BCUT2D eigenvalue weighted by Gasteiger charge is 2.42. The number of carboxylic acids is 1. The molecule has 2 bridgehead atoms. The number of para-hydroxylation sites is 1. The minimum Gasteiger partial charge on any atom is -0.546 e. The zero-order chi connectivity index (χ0) is 15.2. The molecule has 0 radical (unpaired) electrons. The Labute approximate surface area is 126 Å². The SMILES string of the molecule is CC([NH3+])C1CC2CCC1C2.O=C([O-])COc1ccccc1. The fraction of sp³-hybridized carbons (Fsp3) is 0.588. The first-order chi connectivity index (χ1) is 10.1. The van der Waals surface area contributed by atoms with Crippen molar-refractivity contribution in [3.63, 3.8) is 0 Å². The van der Waals surface area contributed by atoms with Gasteiger partial charge in [-0.05, 0) is 50.2 Å². The second-order valence-corrected chi connectivity index (χ2v) is 6.29. The molecular weight excluding hydrogens is 266 g/mol. The van der Waals surface area contributed by atoms with E-state index in [1.165, 1.54) is 25.7 Å². The van der Waals surface area contributed by atoms with Crippen LogP contribution < -0.4 is 15.6 Å². The number of ether oxygens (including phenoxy) is 1. The molecule has 0 spiro atoms. The molecule has 2 saturated carbocycles. The monoisotopic (exact) mass is 291 g/mol. The van der Waals surface area contributed by atoms with Crippen molar-refractivity contribution in [1.29, 1.82) is 0 Å². The number of benzene rings is 1. The standard InChI is InChI=1S/C9H17N.C8H8O3/c1-6(10)9-5-7-2-3-8(9)4-7;9-8(10)6-11-7-4-2-1-3-5-7/h6-9H,2-5,10H2,1H3;1-5H,6H2,(H,9,10). The lowest BCUT2D eigenvalue weighted by Gasteiger charge is -2.22. The maximum atomic E-state index is 9.94. The van der Waals surface area contributed by atoms with Crippen LogP contribution in [0.4, 0.5) is 0 Å². The third-order valence-corrected chi connectivity index (χ3v) is 4.62. The molecule has 116 valence electrons. The van der Waals surface area contributed by atoms with Crippen molar-refractivity contribution >= 4 is 5.97 Å². The van der Waals surface area contributed by atoms with E-state index in [1.807, 2.05) is 6.07 Å². The Morgan fingerprint density at radius 2 is 2.05 bits per heavy atom. The Bertz CT molecular complexity index is 447. The maximum Gasteiger partial charge on any atom is 0.128 e. The maximum absolute atomic E-state index is 9.94. The molecule has 3 N–H and O–H groups in total. The number of carbonyl (C=O) groups excluding carboxylic acids is 1. The van der Waals surface area contributed by atoms with E-state index in [4.69, 9.17) is 4.74 Å². The van der Waals surface area contributed by atoms with Gasteiger partial charge in [0.05, 0.1) is 12.0 Å². The summed E-state index contributed by atoms with van der Waals surface area (Å²) in [5, 5.41) is 9.94. The fourth-order valence-electron chi connectivity index (χ4n) is 3.65. The van der Waals surface area contributed by atoms with Gasteiger partial charge in [0.25, 0.3) is 0 Å². The van der Waals surface area contributed by atoms with Crippen molar-refractivity contribution in [2.45, 2.75) is 38.6 Å². The number of quaternary nitrogens is 1. The van der Waals surface area contributed by atoms with Gasteiger partial charge in [-0.25, -0.2) is 0 Å². The molecule has 4 heteroatoms. The molecule has 1 aromatic carbocycles. The van der Waals surface area contributed by atoms with Crippen molar-refractivity contribution in [3.8, 4) is 5.75 Å². The van der Waals surface area contributed by atoms with E-state index in [0.717, 1.165) is 17.8 Å². The average molecular weight is 291 g/mol. The molecule has 4 nitrogen and oxygen atoms in total. The lowest BCUT2D eigenvalue weighted by Crippen LogP contribution is -2.63. The third-order valence-electron chi connectivity index (χ3n) is 4.62. The minimum atomic E-state index is -1.21. The zero-order valence-electron chi connectivity index (χ0n) is 12.7. The van der Waals surface area contributed by atoms with E-state index < -0.39 is 12.6 Å². The first-order valence-electron chi connectivity index (χ1n) is 7.77. The van der Waals surface area contributed by atoms with Gasteiger partial charge in [0.1, 0.15) is 12.4 Å². The van der Waals surface area contributed by atoms with Crippen LogP contribution in [0.5, 0.6) is 5.75 Å². The lowest BCUT2D eigenvalue weighted by atomic mass is 9.84. The zero-order valence-corrected chi connectivity index (χ0v) is 12.7. The van der Waals surface area contributed by atoms with Gasteiger partial charge in [0.2, 0.25) is 0 Å². The minimum absolute atomic E-state index is 0.399. The summed E-state index contributed by atoms with van der Waals surface area (Å²) in [6.45, 7) is 1.88. The van der Waals surface area contributed by atoms with E-state index >= 15 is 0 Å². The number of rotatable bonds is 4. The van der Waals surface area contributed by atoms with Gasteiger partial charge in [-0.3, -0.25) is 0 Å². The molecule has 0 heterocycles. The normalized spacial score (nSPS) is 27.6. The summed E-state index contributed by atoms with van der Waals surface area (Å²) in [6.07, 6.45) is 6.06. The second kappa shape index (κ2) is 7.46. The summed E-state index contributed by atoms with van der Waals surface area (Å²) in [4.78, 5) is 9.94. The highest BCUT2D eigenvalue weighted by atomic mass is 16.5. The van der Waals surface area contributed by atoms with Crippen molar-refractivity contribution in [3.05, 3.63) is 30.3 Å². The Kier molecular flexibility index (Phi) is 5.62. The summed E-state index contributed by atoms with van der Waals surface area (Å²) < 4.78 is 4.81. The quantitative estimate of drug-likeness (QED) is 0.894. The second-order valence-electron chi connectivity index (χ2n) is 6.29. The molecule has 21 heavy (non-hydrogen) atoms. The van der Waals surface area contributed by atoms with Gasteiger partial charge in [0, 0.05) is 5.92 Å². The summed E-state index contributed by atoms with van der Waals surface area (Å²) in [6, 6.07) is 9.43. The van der Waals surface area contributed by atoms with E-state index in [9.17, 15) is 9.90 Å². The number of fused-ring (bicyclic) bond motifs is 2. The Morgan fingerprint density at radius 3 is 2.48 bits per heavy atom. The Morgan fingerprint density at radius 1 is 1.33 bits per heavy atom. The van der Waals surface area contributed by atoms with Crippen LogP contribution in [0.15, 0.2) is 30.3 Å². The summed E-state index contributed by atoms with van der Waals surface area (Å²) in [5.74, 6) is 2.47. The largest absolute Gasteiger partial charge is 0.546 e. The number of aliphatic carboxylic acids is 1. The first kappa shape index (κ1) is 15.8. The summed E-state index contributed by atoms with van der Waals surface area (Å²) in [5.41, 5.74) is 4.14. The lowest BCUT2D eigenvalue weighted by molar-refractivity contribution is -0.430. The molecule has 4 atom stereocenters. The molecule has 2 aliphatic rings. The molecular formula is C17H25NO3. The number of hydrogen-bond acceptors (Lipinski definition) is 3. The van der Waals surface area contributed by atoms with Gasteiger partial charge in [-0.2, -0.15) is 0 Å². The van der Waals surface area contributed by atoms with Crippen LogP contribution in [0, 0.1) is 17.8 Å². The van der Waals surface area contributed by atoms with Crippen LogP contribution in [-0.2, 0) is 4.79 Å². The third kappa shape index (κ3) is 4.74. The number of hydrogen-bond donors (Lipinski definition) is 1. The predicted octanol–water partition coefficient (Wildman–Crippen LogP) is 0.868. The number of carbonyl (C=O) groups is 1. The van der Waals surface area contributed by atoms with E-state index in [1.54, 1.807) is 24.3 Å². The predicted molar refractivity (Wildman–Crippen MR) is 78.2 cm³/mol. The van der Waals surface area contributed by atoms with Crippen LogP contribution >= 0.6 is 0 Å². The van der Waals surface area contributed by atoms with Crippen LogP contribution in [0.25, 0.3) is 0 Å². The van der Waals surface area contributed by atoms with Crippen molar-refractivity contribution in [1.82, 2.24) is 0 Å². The topological polar surface area (TPSA) is 77.0 Å². The highest BCUT2D eigenvalue weighted by Crippen LogP contribution is 2.48. The van der Waals surface area contributed by atoms with E-state index in [-0.39, 0.29) is 0 Å². The smallest absolute Gasteiger partial charge is 0.128 e. The first-order valence-corrected chi connectivity index (χ1v) is 7.77. The van der Waals surface area contributed by atoms with Crippen molar-refractivity contribution in [2.75, 3.05) is 6.61 Å². The van der Waals surface area contributed by atoms with Gasteiger partial charge < -0.3 is 20.4 Å². The molecule has 0 aromatic heterocycles. The van der Waals surface area contributed by atoms with Gasteiger partial charge >= 0.3 is 0 Å². The van der Waals surface area contributed by atoms with Gasteiger partial charge in [-0.1, -0.05) is 24.6 Å². The number of carboxylic acid groups (broad SMARTS) is 1. The average Bonchev–Trinajstić information content (AvgIpc) is 3.09. The van der Waals surface area contributed by atoms with E-state index in [0.29, 0.717) is 11.8 Å². The Balaban J connectivity index is 0.000000154.